The molecule has 1 aliphatic carbocycles. The van der Waals surface area contributed by atoms with E-state index in [9.17, 15) is 4.79 Å². The van der Waals surface area contributed by atoms with Crippen molar-refractivity contribution in [2.75, 3.05) is 0 Å². The summed E-state index contributed by atoms with van der Waals surface area (Å²) in [4.78, 5) is 10.4. The number of rotatable bonds is 3. The first-order chi connectivity index (χ1) is 5.75. The zero-order valence-electron chi connectivity index (χ0n) is 6.58. The van der Waals surface area contributed by atoms with Crippen LogP contribution < -0.4 is 0 Å². The van der Waals surface area contributed by atoms with Gasteiger partial charge in [0.15, 0.2) is 0 Å². The molecule has 1 aromatic heterocycles. The second kappa shape index (κ2) is 2.62. The third-order valence-electron chi connectivity index (χ3n) is 2.06. The van der Waals surface area contributed by atoms with E-state index in [2.05, 4.69) is 10.2 Å². The minimum absolute atomic E-state index is 0.186. The van der Waals surface area contributed by atoms with Gasteiger partial charge in [0.2, 0.25) is 0 Å². The normalized spacial score (nSPS) is 16.3. The largest absolute Gasteiger partial charge is 0.477 e. The van der Waals surface area contributed by atoms with Gasteiger partial charge in [-0.2, -0.15) is 5.10 Å². The van der Waals surface area contributed by atoms with E-state index in [0.717, 1.165) is 18.0 Å². The van der Waals surface area contributed by atoms with Crippen LogP contribution in [0, 0.1) is 5.92 Å². The number of carboxylic acids is 1. The Morgan fingerprint density at radius 1 is 1.75 bits per heavy atom. The molecule has 12 heavy (non-hydrogen) atoms. The van der Waals surface area contributed by atoms with E-state index in [0.29, 0.717) is 0 Å². The van der Waals surface area contributed by atoms with Gasteiger partial charge in [-0.05, 0) is 31.2 Å². The van der Waals surface area contributed by atoms with Gasteiger partial charge >= 0.3 is 5.97 Å². The second-order valence-corrected chi connectivity index (χ2v) is 3.23. The Labute approximate surface area is 69.6 Å². The van der Waals surface area contributed by atoms with Gasteiger partial charge in [-0.3, -0.25) is 5.10 Å². The van der Waals surface area contributed by atoms with Crippen molar-refractivity contribution in [2.24, 2.45) is 5.92 Å². The molecule has 0 bridgehead atoms. The maximum atomic E-state index is 10.4. The Morgan fingerprint density at radius 2 is 2.50 bits per heavy atom. The predicted molar refractivity (Wildman–Crippen MR) is 42.0 cm³/mol. The fraction of sp³-hybridized carbons (Fsp3) is 0.500. The van der Waals surface area contributed by atoms with Crippen LogP contribution in [-0.4, -0.2) is 21.3 Å². The molecule has 2 rings (SSSR count). The lowest BCUT2D eigenvalue weighted by Crippen LogP contribution is -1.95. The van der Waals surface area contributed by atoms with E-state index in [4.69, 9.17) is 5.11 Å². The van der Waals surface area contributed by atoms with Crippen LogP contribution in [0.4, 0.5) is 0 Å². The van der Waals surface area contributed by atoms with E-state index in [-0.39, 0.29) is 5.69 Å². The second-order valence-electron chi connectivity index (χ2n) is 3.23. The first kappa shape index (κ1) is 7.34. The van der Waals surface area contributed by atoms with Gasteiger partial charge in [-0.1, -0.05) is 0 Å². The summed E-state index contributed by atoms with van der Waals surface area (Å²) in [6.07, 6.45) is 3.44. The quantitative estimate of drug-likeness (QED) is 0.705. The lowest BCUT2D eigenvalue weighted by molar-refractivity contribution is 0.0690. The summed E-state index contributed by atoms with van der Waals surface area (Å²) >= 11 is 0. The van der Waals surface area contributed by atoms with Crippen molar-refractivity contribution in [3.05, 3.63) is 17.5 Å². The highest BCUT2D eigenvalue weighted by Gasteiger charge is 2.23. The van der Waals surface area contributed by atoms with Crippen molar-refractivity contribution in [1.82, 2.24) is 10.2 Å². The number of hydrogen-bond acceptors (Lipinski definition) is 2. The van der Waals surface area contributed by atoms with Crippen molar-refractivity contribution in [1.29, 1.82) is 0 Å². The average molecular weight is 166 g/mol. The number of carboxylic acid groups (broad SMARTS) is 1. The van der Waals surface area contributed by atoms with Crippen molar-refractivity contribution in [2.45, 2.75) is 19.3 Å². The summed E-state index contributed by atoms with van der Waals surface area (Å²) < 4.78 is 0. The molecule has 4 heteroatoms. The van der Waals surface area contributed by atoms with Gasteiger partial charge in [-0.15, -0.1) is 0 Å². The molecule has 0 saturated heterocycles. The number of H-pyrrole nitrogens is 1. The van der Waals surface area contributed by atoms with Crippen LogP contribution in [0.1, 0.15) is 29.0 Å². The lowest BCUT2D eigenvalue weighted by atomic mass is 10.2. The molecular formula is C8H10N2O2. The fourth-order valence-electron chi connectivity index (χ4n) is 1.20. The van der Waals surface area contributed by atoms with Gasteiger partial charge in [0.05, 0.1) is 5.69 Å². The standard InChI is InChI=1S/C8H10N2O2/c11-8(12)7-4-6(9-10-7)3-5-1-2-5/h4-5H,1-3H2,(H,9,10)(H,11,12). The maximum Gasteiger partial charge on any atom is 0.353 e. The Balaban J connectivity index is 2.06. The van der Waals surface area contributed by atoms with E-state index in [1.165, 1.54) is 12.8 Å². The number of nitrogens with zero attached hydrogens (tertiary/aromatic N) is 1. The van der Waals surface area contributed by atoms with Gasteiger partial charge in [0, 0.05) is 0 Å². The minimum Gasteiger partial charge on any atom is -0.477 e. The zero-order valence-corrected chi connectivity index (χ0v) is 6.58. The summed E-state index contributed by atoms with van der Waals surface area (Å²) in [6.45, 7) is 0. The van der Waals surface area contributed by atoms with Gasteiger partial charge in [-0.25, -0.2) is 4.79 Å². The van der Waals surface area contributed by atoms with Crippen LogP contribution >= 0.6 is 0 Å². The monoisotopic (exact) mass is 166 g/mol. The molecule has 0 radical (unpaired) electrons. The fourth-order valence-corrected chi connectivity index (χ4v) is 1.20. The summed E-state index contributed by atoms with van der Waals surface area (Å²) in [5.74, 6) is -0.195. The topological polar surface area (TPSA) is 66.0 Å². The average Bonchev–Trinajstić information content (AvgIpc) is 2.66. The van der Waals surface area contributed by atoms with E-state index in [1.807, 2.05) is 0 Å². The van der Waals surface area contributed by atoms with Gasteiger partial charge in [0.25, 0.3) is 0 Å². The molecule has 0 spiro atoms. The van der Waals surface area contributed by atoms with Crippen LogP contribution in [-0.2, 0) is 6.42 Å². The summed E-state index contributed by atoms with van der Waals surface area (Å²) in [5, 5.41) is 15.0. The highest BCUT2D eigenvalue weighted by molar-refractivity contribution is 5.85. The molecule has 1 fully saturated rings. The van der Waals surface area contributed by atoms with Crippen LogP contribution in [0.25, 0.3) is 0 Å². The molecule has 0 unspecified atom stereocenters. The Morgan fingerprint density at radius 3 is 3.00 bits per heavy atom. The number of hydrogen-bond donors (Lipinski definition) is 2. The molecule has 1 heterocycles. The molecular weight excluding hydrogens is 156 g/mol. The first-order valence-corrected chi connectivity index (χ1v) is 4.03. The summed E-state index contributed by atoms with van der Waals surface area (Å²) in [6, 6.07) is 1.61. The Bertz CT molecular complexity index is 302. The number of aromatic amines is 1. The van der Waals surface area contributed by atoms with E-state index >= 15 is 0 Å². The van der Waals surface area contributed by atoms with Gasteiger partial charge in [0.1, 0.15) is 5.69 Å². The first-order valence-electron chi connectivity index (χ1n) is 4.03. The molecule has 1 aliphatic rings. The van der Waals surface area contributed by atoms with Gasteiger partial charge < -0.3 is 5.11 Å². The van der Waals surface area contributed by atoms with Crippen LogP contribution in [0.3, 0.4) is 0 Å². The van der Waals surface area contributed by atoms with Crippen LogP contribution in [0.15, 0.2) is 6.07 Å². The van der Waals surface area contributed by atoms with Crippen LogP contribution in [0.5, 0.6) is 0 Å². The molecule has 2 N–H and O–H groups in total. The number of nitrogens with one attached hydrogen (secondary N) is 1. The minimum atomic E-state index is -0.940. The third kappa shape index (κ3) is 1.47. The lowest BCUT2D eigenvalue weighted by Gasteiger charge is -1.87. The molecule has 1 saturated carbocycles. The summed E-state index contributed by atoms with van der Waals surface area (Å²) in [7, 11) is 0. The molecule has 0 aromatic carbocycles. The highest BCUT2D eigenvalue weighted by atomic mass is 16.4. The van der Waals surface area contributed by atoms with Crippen molar-refractivity contribution in [3.8, 4) is 0 Å². The number of carbonyl (C=O) groups is 1. The molecule has 0 aliphatic heterocycles. The molecule has 0 amide bonds. The Kier molecular flexibility index (Phi) is 1.60. The van der Waals surface area contributed by atoms with E-state index in [1.54, 1.807) is 6.07 Å². The molecule has 4 nitrogen and oxygen atoms in total. The van der Waals surface area contributed by atoms with Crippen LogP contribution in [0.2, 0.25) is 0 Å². The SMILES string of the molecule is O=C(O)c1cc(CC2CC2)n[nH]1. The predicted octanol–water partition coefficient (Wildman–Crippen LogP) is 1.06. The number of aromatic nitrogens is 2. The molecule has 1 aromatic rings. The summed E-state index contributed by atoms with van der Waals surface area (Å²) in [5.41, 5.74) is 1.06. The number of aromatic carboxylic acids is 1. The maximum absolute atomic E-state index is 10.4. The van der Waals surface area contributed by atoms with Crippen molar-refractivity contribution < 1.29 is 9.90 Å². The third-order valence-corrected chi connectivity index (χ3v) is 2.06. The molecule has 0 atom stereocenters. The van der Waals surface area contributed by atoms with Crippen molar-refractivity contribution in [3.63, 3.8) is 0 Å². The smallest absolute Gasteiger partial charge is 0.353 e. The highest BCUT2D eigenvalue weighted by Crippen LogP contribution is 2.32. The molecule has 64 valence electrons. The van der Waals surface area contributed by atoms with Crippen molar-refractivity contribution >= 4 is 5.97 Å². The Hall–Kier alpha value is -1.32. The zero-order chi connectivity index (χ0) is 8.55. The van der Waals surface area contributed by atoms with E-state index < -0.39 is 5.97 Å².